The molecule has 1 aliphatic rings. The van der Waals surface area contributed by atoms with Gasteiger partial charge in [-0.1, -0.05) is 0 Å². The lowest BCUT2D eigenvalue weighted by molar-refractivity contribution is -0.143. The monoisotopic (exact) mass is 297 g/mol. The van der Waals surface area contributed by atoms with Crippen molar-refractivity contribution in [2.75, 3.05) is 12.8 Å². The van der Waals surface area contributed by atoms with E-state index in [0.717, 1.165) is 0 Å². The minimum Gasteiger partial charge on any atom is -0.481 e. The van der Waals surface area contributed by atoms with Crippen LogP contribution in [0, 0.1) is 12.3 Å². The number of hydrogen-bond acceptors (Lipinski definition) is 5. The summed E-state index contributed by atoms with van der Waals surface area (Å²) in [7, 11) is 0. The predicted molar refractivity (Wildman–Crippen MR) is 73.0 cm³/mol. The molecule has 1 amide bonds. The maximum Gasteiger partial charge on any atom is 0.346 e. The van der Waals surface area contributed by atoms with Gasteiger partial charge in [0.2, 0.25) is 0 Å². The van der Waals surface area contributed by atoms with Crippen LogP contribution in [-0.2, 0) is 4.79 Å². The van der Waals surface area contributed by atoms with Gasteiger partial charge in [-0.25, -0.2) is 4.79 Å². The van der Waals surface area contributed by atoms with E-state index in [1.807, 2.05) is 0 Å². The van der Waals surface area contributed by atoms with Crippen LogP contribution >= 0.6 is 11.8 Å². The number of aryl methyl sites for hydroxylation is 1. The molecule has 0 aromatic carbocycles. The summed E-state index contributed by atoms with van der Waals surface area (Å²) in [6.45, 7) is 1.70. The molecule has 0 unspecified atom stereocenters. The molecule has 1 aromatic heterocycles. The van der Waals surface area contributed by atoms with Gasteiger partial charge in [-0.05, 0) is 26.0 Å². The van der Waals surface area contributed by atoms with E-state index in [0.29, 0.717) is 29.1 Å². The molecule has 7 nitrogen and oxygen atoms in total. The third-order valence-electron chi connectivity index (χ3n) is 3.40. The molecule has 8 heteroatoms. The van der Waals surface area contributed by atoms with Crippen LogP contribution < -0.4 is 11.0 Å². The van der Waals surface area contributed by atoms with Crippen molar-refractivity contribution >= 4 is 23.6 Å². The first kappa shape index (κ1) is 14.6. The zero-order valence-corrected chi connectivity index (χ0v) is 12.0. The van der Waals surface area contributed by atoms with Crippen molar-refractivity contribution in [1.82, 2.24) is 15.3 Å². The molecule has 0 atom stereocenters. The van der Waals surface area contributed by atoms with Gasteiger partial charge in [0.15, 0.2) is 0 Å². The number of rotatable bonds is 5. The van der Waals surface area contributed by atoms with Crippen LogP contribution in [0.2, 0.25) is 0 Å². The van der Waals surface area contributed by atoms with Gasteiger partial charge in [-0.15, -0.1) is 11.8 Å². The number of H-pyrrole nitrogens is 1. The normalized spacial score (nSPS) is 15.7. The molecule has 0 bridgehead atoms. The average molecular weight is 297 g/mol. The third kappa shape index (κ3) is 2.69. The molecular formula is C12H15N3O4S. The van der Waals surface area contributed by atoms with E-state index in [1.165, 1.54) is 11.8 Å². The topological polar surface area (TPSA) is 112 Å². The van der Waals surface area contributed by atoms with Crippen LogP contribution in [0.25, 0.3) is 0 Å². The first-order chi connectivity index (χ1) is 9.39. The number of aromatic nitrogens is 2. The van der Waals surface area contributed by atoms with Crippen LogP contribution in [0.5, 0.6) is 0 Å². The predicted octanol–water partition coefficient (Wildman–Crippen LogP) is 0.395. The van der Waals surface area contributed by atoms with Gasteiger partial charge in [-0.2, -0.15) is 4.98 Å². The Balaban J connectivity index is 2.18. The Morgan fingerprint density at radius 3 is 2.65 bits per heavy atom. The van der Waals surface area contributed by atoms with Gasteiger partial charge in [0.1, 0.15) is 5.03 Å². The quantitative estimate of drug-likeness (QED) is 0.535. The second-order valence-corrected chi connectivity index (χ2v) is 5.61. The van der Waals surface area contributed by atoms with E-state index in [2.05, 4.69) is 15.3 Å². The SMILES string of the molecule is CSc1nc(=O)[nH]c(C)c1C(=O)NCC1(C(=O)O)CC1. The summed E-state index contributed by atoms with van der Waals surface area (Å²) >= 11 is 1.20. The first-order valence-electron chi connectivity index (χ1n) is 6.06. The Labute approximate surface area is 119 Å². The van der Waals surface area contributed by atoms with Crippen molar-refractivity contribution in [2.45, 2.75) is 24.8 Å². The molecule has 0 aliphatic heterocycles. The van der Waals surface area contributed by atoms with E-state index >= 15 is 0 Å². The molecule has 2 rings (SSSR count). The molecule has 108 valence electrons. The second kappa shape index (κ2) is 5.28. The number of nitrogens with one attached hydrogen (secondary N) is 2. The maximum atomic E-state index is 12.2. The largest absolute Gasteiger partial charge is 0.481 e. The lowest BCUT2D eigenvalue weighted by Gasteiger charge is -2.13. The first-order valence-corrected chi connectivity index (χ1v) is 7.28. The average Bonchev–Trinajstić information content (AvgIpc) is 3.16. The zero-order chi connectivity index (χ0) is 14.9. The van der Waals surface area contributed by atoms with Crippen LogP contribution in [0.4, 0.5) is 0 Å². The molecular weight excluding hydrogens is 282 g/mol. The number of carboxylic acid groups (broad SMARTS) is 1. The van der Waals surface area contributed by atoms with Crippen LogP contribution in [-0.4, -0.2) is 39.8 Å². The molecule has 20 heavy (non-hydrogen) atoms. The lowest BCUT2D eigenvalue weighted by Crippen LogP contribution is -2.35. The molecule has 0 radical (unpaired) electrons. The van der Waals surface area contributed by atoms with E-state index in [-0.39, 0.29) is 6.54 Å². The number of thioether (sulfide) groups is 1. The van der Waals surface area contributed by atoms with Gasteiger partial charge in [0.05, 0.1) is 11.0 Å². The van der Waals surface area contributed by atoms with Gasteiger partial charge in [0, 0.05) is 12.2 Å². The van der Waals surface area contributed by atoms with E-state index in [4.69, 9.17) is 5.11 Å². The second-order valence-electron chi connectivity index (χ2n) is 4.82. The molecule has 1 aliphatic carbocycles. The number of nitrogens with zero attached hydrogens (tertiary/aromatic N) is 1. The maximum absolute atomic E-state index is 12.2. The number of carbonyl (C=O) groups excluding carboxylic acids is 1. The third-order valence-corrected chi connectivity index (χ3v) is 4.08. The van der Waals surface area contributed by atoms with Crippen molar-refractivity contribution in [3.05, 3.63) is 21.7 Å². The van der Waals surface area contributed by atoms with Crippen molar-refractivity contribution in [3.63, 3.8) is 0 Å². The lowest BCUT2D eigenvalue weighted by atomic mass is 10.1. The van der Waals surface area contributed by atoms with E-state index in [1.54, 1.807) is 13.2 Å². The van der Waals surface area contributed by atoms with Crippen LogP contribution in [0.15, 0.2) is 9.82 Å². The number of amides is 1. The Kier molecular flexibility index (Phi) is 3.85. The molecule has 3 N–H and O–H groups in total. The highest BCUT2D eigenvalue weighted by Crippen LogP contribution is 2.45. The summed E-state index contributed by atoms with van der Waals surface area (Å²) in [4.78, 5) is 40.7. The summed E-state index contributed by atoms with van der Waals surface area (Å²) in [5.74, 6) is -1.30. The summed E-state index contributed by atoms with van der Waals surface area (Å²) in [6, 6.07) is 0. The molecule has 0 saturated heterocycles. The van der Waals surface area contributed by atoms with Crippen molar-refractivity contribution in [3.8, 4) is 0 Å². The van der Waals surface area contributed by atoms with Crippen LogP contribution in [0.1, 0.15) is 28.9 Å². The molecule has 0 spiro atoms. The van der Waals surface area contributed by atoms with Crippen molar-refractivity contribution in [2.24, 2.45) is 5.41 Å². The van der Waals surface area contributed by atoms with Gasteiger partial charge in [-0.3, -0.25) is 9.59 Å². The van der Waals surface area contributed by atoms with E-state index in [9.17, 15) is 14.4 Å². The Morgan fingerprint density at radius 2 is 2.15 bits per heavy atom. The van der Waals surface area contributed by atoms with Crippen molar-refractivity contribution in [1.29, 1.82) is 0 Å². The Hall–Kier alpha value is -1.83. The van der Waals surface area contributed by atoms with Gasteiger partial charge >= 0.3 is 11.7 Å². The molecule has 1 heterocycles. The fraction of sp³-hybridized carbons (Fsp3) is 0.500. The summed E-state index contributed by atoms with van der Waals surface area (Å²) in [5, 5.41) is 12.0. The van der Waals surface area contributed by atoms with Gasteiger partial charge < -0.3 is 15.4 Å². The minimum absolute atomic E-state index is 0.0908. The number of carboxylic acids is 1. The standard InChI is InChI=1S/C12H15N3O4S/c1-6-7(9(20-2)15-11(19)14-6)8(16)13-5-12(3-4-12)10(17)18/h3-5H2,1-2H3,(H,13,16)(H,17,18)(H,14,15,19). The summed E-state index contributed by atoms with van der Waals surface area (Å²) in [5.41, 5.74) is -0.614. The highest BCUT2D eigenvalue weighted by atomic mass is 32.2. The van der Waals surface area contributed by atoms with E-state index < -0.39 is 23.0 Å². The minimum atomic E-state index is -0.890. The number of hydrogen-bond donors (Lipinski definition) is 3. The smallest absolute Gasteiger partial charge is 0.346 e. The molecule has 1 saturated carbocycles. The number of aliphatic carboxylic acids is 1. The number of carbonyl (C=O) groups is 2. The zero-order valence-electron chi connectivity index (χ0n) is 11.1. The molecule has 1 aromatic rings. The summed E-state index contributed by atoms with van der Waals surface area (Å²) in [6.07, 6.45) is 2.86. The fourth-order valence-electron chi connectivity index (χ4n) is 1.93. The highest BCUT2D eigenvalue weighted by Gasteiger charge is 2.50. The molecule has 1 fully saturated rings. The summed E-state index contributed by atoms with van der Waals surface area (Å²) < 4.78 is 0. The fourth-order valence-corrected chi connectivity index (χ4v) is 2.55. The number of aromatic amines is 1. The van der Waals surface area contributed by atoms with Crippen LogP contribution in [0.3, 0.4) is 0 Å². The van der Waals surface area contributed by atoms with Crippen molar-refractivity contribution < 1.29 is 14.7 Å². The Bertz CT molecular complexity index is 622. The highest BCUT2D eigenvalue weighted by molar-refractivity contribution is 7.98. The Morgan fingerprint density at radius 1 is 1.50 bits per heavy atom. The van der Waals surface area contributed by atoms with Gasteiger partial charge in [0.25, 0.3) is 5.91 Å².